The Kier molecular flexibility index (Phi) is 4.84. The lowest BCUT2D eigenvalue weighted by molar-refractivity contribution is -0.386. The Labute approximate surface area is 112 Å². The van der Waals surface area contributed by atoms with E-state index in [2.05, 4.69) is 5.32 Å². The lowest BCUT2D eigenvalue weighted by atomic mass is 10.2. The molecule has 0 unspecified atom stereocenters. The van der Waals surface area contributed by atoms with Gasteiger partial charge in [-0.05, 0) is 18.6 Å². The van der Waals surface area contributed by atoms with E-state index in [9.17, 15) is 18.5 Å². The molecule has 0 bridgehead atoms. The van der Waals surface area contributed by atoms with Crippen LogP contribution >= 0.6 is 0 Å². The van der Waals surface area contributed by atoms with Crippen molar-refractivity contribution in [2.24, 2.45) is 0 Å². The zero-order valence-corrected chi connectivity index (χ0v) is 11.9. The Morgan fingerprint density at radius 2 is 2.00 bits per heavy atom. The van der Waals surface area contributed by atoms with Gasteiger partial charge in [-0.25, -0.2) is 12.7 Å². The molecule has 0 atom stereocenters. The molecule has 0 aliphatic heterocycles. The summed E-state index contributed by atoms with van der Waals surface area (Å²) in [6.45, 7) is 2.45. The van der Waals surface area contributed by atoms with Crippen molar-refractivity contribution in [3.05, 3.63) is 28.3 Å². The van der Waals surface area contributed by atoms with Crippen molar-refractivity contribution < 1.29 is 13.3 Å². The number of rotatable bonds is 6. The Bertz CT molecular complexity index is 569. The molecule has 0 radical (unpaired) electrons. The highest BCUT2D eigenvalue weighted by molar-refractivity contribution is 7.89. The van der Waals surface area contributed by atoms with Crippen molar-refractivity contribution in [3.8, 4) is 0 Å². The standard InChI is InChI=1S/C11H17N3O4S/c1-4-8-12-9-6-5-7-10(11(9)14(15)16)19(17,18)13(2)3/h5-7,12H,4,8H2,1-3H3. The van der Waals surface area contributed by atoms with Gasteiger partial charge in [0.05, 0.1) is 4.92 Å². The number of para-hydroxylation sites is 1. The van der Waals surface area contributed by atoms with Gasteiger partial charge in [-0.2, -0.15) is 0 Å². The molecule has 0 fully saturated rings. The number of nitro groups is 1. The monoisotopic (exact) mass is 287 g/mol. The number of hydrogen-bond donors (Lipinski definition) is 1. The number of anilines is 1. The van der Waals surface area contributed by atoms with Gasteiger partial charge >= 0.3 is 5.69 Å². The van der Waals surface area contributed by atoms with E-state index in [1.165, 1.54) is 32.3 Å². The molecule has 0 spiro atoms. The first-order valence-corrected chi connectivity index (χ1v) is 7.20. The highest BCUT2D eigenvalue weighted by Gasteiger charge is 2.30. The van der Waals surface area contributed by atoms with Crippen LogP contribution in [0.2, 0.25) is 0 Å². The van der Waals surface area contributed by atoms with E-state index in [1.54, 1.807) is 0 Å². The molecule has 1 aromatic carbocycles. The van der Waals surface area contributed by atoms with Crippen molar-refractivity contribution in [2.75, 3.05) is 26.0 Å². The third-order valence-corrected chi connectivity index (χ3v) is 4.35. The maximum atomic E-state index is 12.1. The number of nitrogens with one attached hydrogen (secondary N) is 1. The topological polar surface area (TPSA) is 92.6 Å². The molecule has 19 heavy (non-hydrogen) atoms. The normalized spacial score (nSPS) is 11.6. The summed E-state index contributed by atoms with van der Waals surface area (Å²) in [5.41, 5.74) is -0.195. The van der Waals surface area contributed by atoms with Crippen LogP contribution in [0.5, 0.6) is 0 Å². The van der Waals surface area contributed by atoms with Gasteiger partial charge in [0.15, 0.2) is 4.90 Å². The van der Waals surface area contributed by atoms with Gasteiger partial charge in [0.2, 0.25) is 10.0 Å². The van der Waals surface area contributed by atoms with E-state index >= 15 is 0 Å². The lowest BCUT2D eigenvalue weighted by Crippen LogP contribution is -2.23. The second-order valence-corrected chi connectivity index (χ2v) is 6.24. The van der Waals surface area contributed by atoms with Gasteiger partial charge in [0.25, 0.3) is 0 Å². The molecule has 1 N–H and O–H groups in total. The molecular weight excluding hydrogens is 270 g/mol. The third-order valence-electron chi connectivity index (χ3n) is 2.51. The van der Waals surface area contributed by atoms with E-state index in [1.807, 2.05) is 6.92 Å². The molecule has 0 aliphatic carbocycles. The molecular formula is C11H17N3O4S. The van der Waals surface area contributed by atoms with Gasteiger partial charge < -0.3 is 5.32 Å². The Morgan fingerprint density at radius 3 is 2.47 bits per heavy atom. The predicted octanol–water partition coefficient (Wildman–Crippen LogP) is 1.67. The van der Waals surface area contributed by atoms with Crippen LogP contribution in [-0.2, 0) is 10.0 Å². The Morgan fingerprint density at radius 1 is 1.37 bits per heavy atom. The maximum absolute atomic E-state index is 12.1. The zero-order chi connectivity index (χ0) is 14.6. The summed E-state index contributed by atoms with van der Waals surface area (Å²) >= 11 is 0. The maximum Gasteiger partial charge on any atom is 0.312 e. The highest BCUT2D eigenvalue weighted by Crippen LogP contribution is 2.33. The van der Waals surface area contributed by atoms with Crippen LogP contribution in [0.4, 0.5) is 11.4 Å². The minimum atomic E-state index is -3.85. The summed E-state index contributed by atoms with van der Waals surface area (Å²) in [6, 6.07) is 4.23. The summed E-state index contributed by atoms with van der Waals surface area (Å²) in [5, 5.41) is 14.0. The fourth-order valence-corrected chi connectivity index (χ4v) is 2.59. The van der Waals surface area contributed by atoms with E-state index in [0.29, 0.717) is 6.54 Å². The molecule has 0 amide bonds. The minimum Gasteiger partial charge on any atom is -0.379 e. The van der Waals surface area contributed by atoms with Crippen LogP contribution in [0.1, 0.15) is 13.3 Å². The van der Waals surface area contributed by atoms with Crippen LogP contribution in [-0.4, -0.2) is 38.3 Å². The number of nitrogens with zero attached hydrogens (tertiary/aromatic N) is 2. The summed E-state index contributed by atoms with van der Waals surface area (Å²) < 4.78 is 25.1. The molecule has 106 valence electrons. The lowest BCUT2D eigenvalue weighted by Gasteiger charge is -2.13. The summed E-state index contributed by atoms with van der Waals surface area (Å²) in [4.78, 5) is 10.2. The molecule has 0 heterocycles. The van der Waals surface area contributed by atoms with Crippen LogP contribution in [0.25, 0.3) is 0 Å². The number of hydrogen-bond acceptors (Lipinski definition) is 5. The first-order chi connectivity index (χ1) is 8.82. The van der Waals surface area contributed by atoms with Gasteiger partial charge in [-0.15, -0.1) is 0 Å². The molecule has 1 rings (SSSR count). The average molecular weight is 287 g/mol. The number of nitro benzene ring substituents is 1. The van der Waals surface area contributed by atoms with Crippen LogP contribution in [0.3, 0.4) is 0 Å². The van der Waals surface area contributed by atoms with Crippen molar-refractivity contribution >= 4 is 21.4 Å². The van der Waals surface area contributed by atoms with Gasteiger partial charge in [-0.3, -0.25) is 10.1 Å². The summed E-state index contributed by atoms with van der Waals surface area (Å²) in [6.07, 6.45) is 0.780. The highest BCUT2D eigenvalue weighted by atomic mass is 32.2. The largest absolute Gasteiger partial charge is 0.379 e. The van der Waals surface area contributed by atoms with Crippen LogP contribution in [0.15, 0.2) is 23.1 Å². The Balaban J connectivity index is 3.45. The third kappa shape index (κ3) is 3.21. The molecule has 0 aliphatic rings. The predicted molar refractivity (Wildman–Crippen MR) is 72.7 cm³/mol. The fourth-order valence-electron chi connectivity index (χ4n) is 1.52. The number of sulfonamides is 1. The van der Waals surface area contributed by atoms with E-state index < -0.39 is 20.6 Å². The number of benzene rings is 1. The summed E-state index contributed by atoms with van der Waals surface area (Å²) in [5.74, 6) is 0. The van der Waals surface area contributed by atoms with Crippen molar-refractivity contribution in [2.45, 2.75) is 18.2 Å². The van der Waals surface area contributed by atoms with E-state index in [0.717, 1.165) is 10.7 Å². The van der Waals surface area contributed by atoms with Crippen LogP contribution < -0.4 is 5.32 Å². The second-order valence-electron chi connectivity index (χ2n) is 4.12. The first-order valence-electron chi connectivity index (χ1n) is 5.76. The second kappa shape index (κ2) is 5.98. The first kappa shape index (κ1) is 15.4. The SMILES string of the molecule is CCCNc1cccc(S(=O)(=O)N(C)C)c1[N+](=O)[O-]. The molecule has 0 saturated heterocycles. The van der Waals surface area contributed by atoms with Gasteiger partial charge in [-0.1, -0.05) is 13.0 Å². The molecule has 7 nitrogen and oxygen atoms in total. The van der Waals surface area contributed by atoms with E-state index in [-0.39, 0.29) is 10.6 Å². The van der Waals surface area contributed by atoms with Crippen molar-refractivity contribution in [1.29, 1.82) is 0 Å². The van der Waals surface area contributed by atoms with Crippen LogP contribution in [0, 0.1) is 10.1 Å². The minimum absolute atomic E-state index is 0.217. The average Bonchev–Trinajstić information content (AvgIpc) is 2.35. The van der Waals surface area contributed by atoms with E-state index in [4.69, 9.17) is 0 Å². The summed E-state index contributed by atoms with van der Waals surface area (Å²) in [7, 11) is -1.17. The zero-order valence-electron chi connectivity index (χ0n) is 11.1. The van der Waals surface area contributed by atoms with Gasteiger partial charge in [0, 0.05) is 20.6 Å². The smallest absolute Gasteiger partial charge is 0.312 e. The van der Waals surface area contributed by atoms with Crippen molar-refractivity contribution in [3.63, 3.8) is 0 Å². The molecule has 0 aromatic heterocycles. The van der Waals surface area contributed by atoms with Gasteiger partial charge in [0.1, 0.15) is 5.69 Å². The molecule has 0 saturated carbocycles. The molecule has 8 heteroatoms. The fraction of sp³-hybridized carbons (Fsp3) is 0.455. The molecule has 1 aromatic rings. The quantitative estimate of drug-likeness (QED) is 0.634. The van der Waals surface area contributed by atoms with Crippen molar-refractivity contribution in [1.82, 2.24) is 4.31 Å². The Hall–Kier alpha value is -1.67.